The molecule has 3 aromatic rings. The maximum Gasteiger partial charge on any atom is 0.232 e. The lowest BCUT2D eigenvalue weighted by molar-refractivity contribution is -0.118. The van der Waals surface area contributed by atoms with Gasteiger partial charge in [0.2, 0.25) is 11.8 Å². The van der Waals surface area contributed by atoms with Crippen LogP contribution in [0.5, 0.6) is 5.75 Å². The number of hydrogen-bond donors (Lipinski definition) is 1. The summed E-state index contributed by atoms with van der Waals surface area (Å²) in [6.45, 7) is 2.12. The number of nitrogens with one attached hydrogen (secondary N) is 1. The lowest BCUT2D eigenvalue weighted by Gasteiger charge is -2.05. The zero-order valence-electron chi connectivity index (χ0n) is 16.1. The molecule has 1 N–H and O–H groups in total. The minimum absolute atomic E-state index is 0.103. The summed E-state index contributed by atoms with van der Waals surface area (Å²) in [4.78, 5) is 16.5. The van der Waals surface area contributed by atoms with Crippen LogP contribution in [0.3, 0.4) is 0 Å². The van der Waals surface area contributed by atoms with Crippen molar-refractivity contribution in [2.45, 2.75) is 19.2 Å². The van der Waals surface area contributed by atoms with Gasteiger partial charge in [-0.25, -0.2) is 4.98 Å². The second-order valence-electron chi connectivity index (χ2n) is 6.39. The van der Waals surface area contributed by atoms with Crippen molar-refractivity contribution in [1.29, 1.82) is 0 Å². The fourth-order valence-electron chi connectivity index (χ4n) is 2.65. The number of ether oxygens (including phenoxy) is 1. The van der Waals surface area contributed by atoms with Crippen LogP contribution < -0.4 is 10.1 Å². The average Bonchev–Trinajstić information content (AvgIpc) is 3.08. The van der Waals surface area contributed by atoms with Gasteiger partial charge in [-0.2, -0.15) is 0 Å². The normalized spacial score (nSPS) is 11.8. The van der Waals surface area contributed by atoms with Gasteiger partial charge < -0.3 is 14.5 Å². The molecule has 0 spiro atoms. The summed E-state index contributed by atoms with van der Waals surface area (Å²) < 4.78 is 23.3. The Hall–Kier alpha value is -2.64. The van der Waals surface area contributed by atoms with E-state index in [-0.39, 0.29) is 17.4 Å². The predicted octanol–water partition coefficient (Wildman–Crippen LogP) is 3.88. The summed E-state index contributed by atoms with van der Waals surface area (Å²) in [5.74, 6) is 1.47. The Morgan fingerprint density at radius 1 is 1.24 bits per heavy atom. The van der Waals surface area contributed by atoms with Gasteiger partial charge in [0.25, 0.3) is 0 Å². The van der Waals surface area contributed by atoms with Crippen molar-refractivity contribution in [2.24, 2.45) is 0 Å². The van der Waals surface area contributed by atoms with E-state index in [2.05, 4.69) is 10.3 Å². The third-order valence-corrected chi connectivity index (χ3v) is 5.63. The van der Waals surface area contributed by atoms with Gasteiger partial charge in [0.05, 0.1) is 18.6 Å². The Balaban J connectivity index is 1.56. The molecule has 6 nitrogen and oxygen atoms in total. The van der Waals surface area contributed by atoms with Crippen LogP contribution in [0.4, 0.5) is 0 Å². The molecule has 152 valence electrons. The Bertz CT molecular complexity index is 1020. The maximum atomic E-state index is 12.4. The number of methoxy groups -OCH3 is 1. The van der Waals surface area contributed by atoms with Crippen molar-refractivity contribution in [1.82, 2.24) is 10.3 Å². The number of aromatic nitrogens is 1. The second-order valence-corrected chi connectivity index (χ2v) is 8.28. The number of oxazole rings is 1. The van der Waals surface area contributed by atoms with Crippen LogP contribution in [0, 0.1) is 6.92 Å². The highest BCUT2D eigenvalue weighted by Crippen LogP contribution is 2.25. The fourth-order valence-corrected chi connectivity index (χ4v) is 3.84. The topological polar surface area (TPSA) is 81.4 Å². The molecule has 0 saturated carbocycles. The molecule has 0 bridgehead atoms. The second kappa shape index (κ2) is 9.71. The van der Waals surface area contributed by atoms with Gasteiger partial charge in [-0.1, -0.05) is 29.8 Å². The van der Waals surface area contributed by atoms with E-state index in [1.54, 1.807) is 26.2 Å². The van der Waals surface area contributed by atoms with Gasteiger partial charge in [0.15, 0.2) is 0 Å². The smallest absolute Gasteiger partial charge is 0.232 e. The summed E-state index contributed by atoms with van der Waals surface area (Å²) in [7, 11) is 0.187. The van der Waals surface area contributed by atoms with Crippen LogP contribution in [-0.2, 0) is 27.9 Å². The number of aryl methyl sites for hydroxylation is 1. The first-order valence-corrected chi connectivity index (χ1v) is 10.8. The number of halogens is 1. The van der Waals surface area contributed by atoms with Gasteiger partial charge in [0, 0.05) is 27.9 Å². The van der Waals surface area contributed by atoms with E-state index in [1.807, 2.05) is 36.4 Å². The first-order valence-electron chi connectivity index (χ1n) is 8.91. The van der Waals surface area contributed by atoms with Crippen molar-refractivity contribution in [3.05, 3.63) is 70.6 Å². The molecule has 0 aliphatic carbocycles. The van der Waals surface area contributed by atoms with Crippen LogP contribution >= 0.6 is 11.6 Å². The fraction of sp³-hybridized carbons (Fsp3) is 0.238. The minimum atomic E-state index is -1.40. The van der Waals surface area contributed by atoms with Gasteiger partial charge in [-0.05, 0) is 42.8 Å². The molecule has 0 aliphatic heterocycles. The molecule has 1 aromatic heterocycles. The van der Waals surface area contributed by atoms with E-state index in [0.29, 0.717) is 34.7 Å². The molecule has 1 unspecified atom stereocenters. The molecule has 0 fully saturated rings. The van der Waals surface area contributed by atoms with E-state index in [4.69, 9.17) is 20.8 Å². The number of hydrogen-bond acceptors (Lipinski definition) is 5. The first-order chi connectivity index (χ1) is 13.9. The molecule has 1 amide bonds. The van der Waals surface area contributed by atoms with Crippen LogP contribution in [0.25, 0.3) is 11.5 Å². The summed E-state index contributed by atoms with van der Waals surface area (Å²) in [5.41, 5.74) is 2.26. The summed E-state index contributed by atoms with van der Waals surface area (Å²) >= 11 is 5.84. The molecule has 1 atom stereocenters. The number of carbonyl (C=O) groups is 1. The molecule has 0 aliphatic rings. The molecule has 3 rings (SSSR count). The molecule has 29 heavy (non-hydrogen) atoms. The van der Waals surface area contributed by atoms with Crippen LogP contribution in [0.1, 0.15) is 17.0 Å². The van der Waals surface area contributed by atoms with Crippen LogP contribution in [0.2, 0.25) is 5.02 Å². The molecular weight excluding hydrogens is 412 g/mol. The highest BCUT2D eigenvalue weighted by molar-refractivity contribution is 7.84. The zero-order valence-corrected chi connectivity index (χ0v) is 17.7. The molecular formula is C21H21ClN2O4S. The number of benzene rings is 2. The molecule has 0 saturated heterocycles. The Morgan fingerprint density at radius 2 is 2.00 bits per heavy atom. The van der Waals surface area contributed by atoms with E-state index in [9.17, 15) is 9.00 Å². The highest BCUT2D eigenvalue weighted by atomic mass is 35.5. The van der Waals surface area contributed by atoms with Gasteiger partial charge >= 0.3 is 0 Å². The Labute approximate surface area is 176 Å². The van der Waals surface area contributed by atoms with Crippen molar-refractivity contribution >= 4 is 28.3 Å². The SMILES string of the molecule is COc1cccc(-c2nc(CS(=O)CC(=O)NCc3ccc(Cl)cc3)c(C)o2)c1. The minimum Gasteiger partial charge on any atom is -0.497 e. The molecule has 1 heterocycles. The van der Waals surface area contributed by atoms with Gasteiger partial charge in [0.1, 0.15) is 17.3 Å². The quantitative estimate of drug-likeness (QED) is 0.584. The third-order valence-electron chi connectivity index (χ3n) is 4.20. The summed E-state index contributed by atoms with van der Waals surface area (Å²) in [6.07, 6.45) is 0. The largest absolute Gasteiger partial charge is 0.497 e. The van der Waals surface area contributed by atoms with Crippen LogP contribution in [0.15, 0.2) is 52.9 Å². The molecule has 0 radical (unpaired) electrons. The van der Waals surface area contributed by atoms with Gasteiger partial charge in [-0.15, -0.1) is 0 Å². The monoisotopic (exact) mass is 432 g/mol. The summed E-state index contributed by atoms with van der Waals surface area (Å²) in [6, 6.07) is 14.5. The van der Waals surface area contributed by atoms with Crippen molar-refractivity contribution < 1.29 is 18.2 Å². The number of nitrogens with zero attached hydrogens (tertiary/aromatic N) is 1. The highest BCUT2D eigenvalue weighted by Gasteiger charge is 2.16. The van der Waals surface area contributed by atoms with Gasteiger partial charge in [-0.3, -0.25) is 9.00 Å². The molecule has 8 heteroatoms. The number of rotatable bonds is 8. The standard InChI is InChI=1S/C21H21ClN2O4S/c1-14-19(24-21(28-14)16-4-3-5-18(10-16)27-2)12-29(26)13-20(25)23-11-15-6-8-17(22)9-7-15/h3-10H,11-13H2,1-2H3,(H,23,25). The lowest BCUT2D eigenvalue weighted by atomic mass is 10.2. The van der Waals surface area contributed by atoms with E-state index >= 15 is 0 Å². The Morgan fingerprint density at radius 3 is 2.72 bits per heavy atom. The average molecular weight is 433 g/mol. The Kier molecular flexibility index (Phi) is 7.06. The van der Waals surface area contributed by atoms with E-state index in [1.165, 1.54) is 0 Å². The number of carbonyl (C=O) groups excluding carboxylic acids is 1. The van der Waals surface area contributed by atoms with Crippen molar-refractivity contribution in [3.8, 4) is 17.2 Å². The predicted molar refractivity (Wildman–Crippen MR) is 113 cm³/mol. The third kappa shape index (κ3) is 5.92. The summed E-state index contributed by atoms with van der Waals surface area (Å²) in [5, 5.41) is 3.40. The van der Waals surface area contributed by atoms with E-state index < -0.39 is 10.8 Å². The van der Waals surface area contributed by atoms with E-state index in [0.717, 1.165) is 11.1 Å². The van der Waals surface area contributed by atoms with Crippen LogP contribution in [-0.4, -0.2) is 28.0 Å². The zero-order chi connectivity index (χ0) is 20.8. The molecule has 2 aromatic carbocycles. The maximum absolute atomic E-state index is 12.4. The first kappa shape index (κ1) is 21.1. The number of amides is 1. The van der Waals surface area contributed by atoms with Crippen molar-refractivity contribution in [3.63, 3.8) is 0 Å². The lowest BCUT2D eigenvalue weighted by Crippen LogP contribution is -2.28. The van der Waals surface area contributed by atoms with Crippen molar-refractivity contribution in [2.75, 3.05) is 12.9 Å².